The first-order valence-corrected chi connectivity index (χ1v) is 7.57. The molecule has 0 radical (unpaired) electrons. The highest BCUT2D eigenvalue weighted by molar-refractivity contribution is 6.12. The van der Waals surface area contributed by atoms with E-state index in [4.69, 9.17) is 9.26 Å². The van der Waals surface area contributed by atoms with E-state index in [2.05, 4.69) is 20.2 Å². The summed E-state index contributed by atoms with van der Waals surface area (Å²) in [6, 6.07) is 5.79. The molecule has 2 aromatic heterocycles. The Kier molecular flexibility index (Phi) is 4.70. The van der Waals surface area contributed by atoms with E-state index >= 15 is 0 Å². The van der Waals surface area contributed by atoms with Crippen LogP contribution in [0.5, 0.6) is 11.5 Å². The second kappa shape index (κ2) is 6.95. The fourth-order valence-electron chi connectivity index (χ4n) is 2.54. The Labute approximate surface area is 146 Å². The zero-order valence-electron chi connectivity index (χ0n) is 14.2. The fourth-order valence-corrected chi connectivity index (χ4v) is 2.54. The van der Waals surface area contributed by atoms with Gasteiger partial charge in [0.05, 0.1) is 23.8 Å². The smallest absolute Gasteiger partial charge is 0.387 e. The molecule has 0 aliphatic rings. The van der Waals surface area contributed by atoms with Gasteiger partial charge in [0.15, 0.2) is 11.5 Å². The van der Waals surface area contributed by atoms with E-state index in [0.29, 0.717) is 22.3 Å². The van der Waals surface area contributed by atoms with Crippen LogP contribution in [0.4, 0.5) is 14.5 Å². The third-order valence-corrected chi connectivity index (χ3v) is 3.63. The number of anilines is 1. The minimum Gasteiger partial charge on any atom is -0.493 e. The van der Waals surface area contributed by atoms with Crippen LogP contribution in [-0.4, -0.2) is 29.8 Å². The molecule has 136 valence electrons. The van der Waals surface area contributed by atoms with E-state index in [9.17, 15) is 13.6 Å². The van der Waals surface area contributed by atoms with Gasteiger partial charge in [0, 0.05) is 17.4 Å². The molecule has 0 spiro atoms. The first-order chi connectivity index (χ1) is 12.4. The minimum absolute atomic E-state index is 0.125. The number of methoxy groups -OCH3 is 1. The van der Waals surface area contributed by atoms with E-state index in [-0.39, 0.29) is 22.9 Å². The Morgan fingerprint density at radius 1 is 1.23 bits per heavy atom. The van der Waals surface area contributed by atoms with Crippen LogP contribution in [0.3, 0.4) is 0 Å². The Morgan fingerprint density at radius 2 is 2.00 bits per heavy atom. The number of nitrogens with one attached hydrogen (secondary N) is 1. The van der Waals surface area contributed by atoms with Crippen molar-refractivity contribution in [1.29, 1.82) is 0 Å². The zero-order valence-corrected chi connectivity index (χ0v) is 14.2. The summed E-state index contributed by atoms with van der Waals surface area (Å²) in [7, 11) is 1.33. The second-order valence-corrected chi connectivity index (χ2v) is 5.46. The number of fused-ring (bicyclic) bond motifs is 1. The molecule has 1 aromatic carbocycles. The third kappa shape index (κ3) is 3.41. The molecular weight excluding hydrogens is 348 g/mol. The summed E-state index contributed by atoms with van der Waals surface area (Å²) in [5, 5.41) is 6.95. The first-order valence-electron chi connectivity index (χ1n) is 7.57. The van der Waals surface area contributed by atoms with Gasteiger partial charge in [-0.1, -0.05) is 5.16 Å². The van der Waals surface area contributed by atoms with Crippen LogP contribution in [0.15, 0.2) is 28.8 Å². The molecule has 0 saturated heterocycles. The van der Waals surface area contributed by atoms with Crippen molar-refractivity contribution in [2.24, 2.45) is 0 Å². The number of alkyl halides is 2. The zero-order chi connectivity index (χ0) is 18.8. The van der Waals surface area contributed by atoms with E-state index in [1.54, 1.807) is 19.9 Å². The van der Waals surface area contributed by atoms with Crippen LogP contribution in [0.25, 0.3) is 11.1 Å². The summed E-state index contributed by atoms with van der Waals surface area (Å²) in [6.45, 7) is 0.398. The third-order valence-electron chi connectivity index (χ3n) is 3.63. The molecule has 26 heavy (non-hydrogen) atoms. The van der Waals surface area contributed by atoms with Gasteiger partial charge in [-0.3, -0.25) is 4.79 Å². The van der Waals surface area contributed by atoms with Crippen molar-refractivity contribution in [3.63, 3.8) is 0 Å². The number of hydrogen-bond acceptors (Lipinski definition) is 6. The van der Waals surface area contributed by atoms with Crippen molar-refractivity contribution in [1.82, 2.24) is 10.1 Å². The molecule has 0 aliphatic carbocycles. The molecule has 9 heteroatoms. The van der Waals surface area contributed by atoms with Crippen LogP contribution in [-0.2, 0) is 0 Å². The summed E-state index contributed by atoms with van der Waals surface area (Å²) in [6.07, 6.45) is 0. The molecular formula is C17H15F2N3O4. The van der Waals surface area contributed by atoms with E-state index in [1.807, 2.05) is 0 Å². The molecule has 7 nitrogen and oxygen atoms in total. The Bertz CT molecular complexity index is 972. The van der Waals surface area contributed by atoms with Crippen LogP contribution in [0.2, 0.25) is 0 Å². The lowest BCUT2D eigenvalue weighted by Crippen LogP contribution is -2.13. The SMILES string of the molecule is COc1ccc(NC(=O)c2cc(C)nc3onc(C)c23)cc1OC(F)F. The quantitative estimate of drug-likeness (QED) is 0.744. The normalized spacial score (nSPS) is 11.0. The maximum atomic E-state index is 12.7. The average molecular weight is 363 g/mol. The van der Waals surface area contributed by atoms with Gasteiger partial charge in [-0.2, -0.15) is 8.78 Å². The first kappa shape index (κ1) is 17.6. The number of benzene rings is 1. The van der Waals surface area contributed by atoms with Gasteiger partial charge in [-0.05, 0) is 32.0 Å². The molecule has 1 N–H and O–H groups in total. The molecule has 0 bridgehead atoms. The van der Waals surface area contributed by atoms with Gasteiger partial charge >= 0.3 is 6.61 Å². The summed E-state index contributed by atoms with van der Waals surface area (Å²) >= 11 is 0. The van der Waals surface area contributed by atoms with E-state index in [1.165, 1.54) is 25.3 Å². The number of carbonyl (C=O) groups excluding carboxylic acids is 1. The molecule has 0 aliphatic heterocycles. The number of hydrogen-bond donors (Lipinski definition) is 1. The Hall–Kier alpha value is -3.23. The number of halogens is 2. The van der Waals surface area contributed by atoms with Crippen LogP contribution in [0, 0.1) is 13.8 Å². The molecule has 0 atom stereocenters. The lowest BCUT2D eigenvalue weighted by atomic mass is 10.1. The molecule has 2 heterocycles. The summed E-state index contributed by atoms with van der Waals surface area (Å²) in [4.78, 5) is 16.9. The van der Waals surface area contributed by atoms with Crippen molar-refractivity contribution >= 4 is 22.7 Å². The maximum absolute atomic E-state index is 12.7. The molecule has 3 rings (SSSR count). The molecule has 0 unspecified atom stereocenters. The number of aryl methyl sites for hydroxylation is 2. The molecule has 3 aromatic rings. The van der Waals surface area contributed by atoms with Crippen LogP contribution >= 0.6 is 0 Å². The standard InChI is InChI=1S/C17H15F2N3O4/c1-8-6-11(14-9(2)22-26-16(14)20-8)15(23)21-10-4-5-12(24-3)13(7-10)25-17(18)19/h4-7,17H,1-3H3,(H,21,23). The largest absolute Gasteiger partial charge is 0.493 e. The number of carbonyl (C=O) groups is 1. The number of aromatic nitrogens is 2. The average Bonchev–Trinajstić information content (AvgIpc) is 2.94. The summed E-state index contributed by atoms with van der Waals surface area (Å²) in [5.74, 6) is -0.516. The predicted molar refractivity (Wildman–Crippen MR) is 88.9 cm³/mol. The minimum atomic E-state index is -3.02. The van der Waals surface area contributed by atoms with Gasteiger partial charge in [0.1, 0.15) is 0 Å². The van der Waals surface area contributed by atoms with Crippen LogP contribution < -0.4 is 14.8 Å². The number of pyridine rings is 1. The number of rotatable bonds is 5. The highest BCUT2D eigenvalue weighted by atomic mass is 19.3. The lowest BCUT2D eigenvalue weighted by molar-refractivity contribution is -0.0511. The van der Waals surface area contributed by atoms with Gasteiger partial charge in [0.2, 0.25) is 0 Å². The van der Waals surface area contributed by atoms with E-state index in [0.717, 1.165) is 0 Å². The van der Waals surface area contributed by atoms with Gasteiger partial charge in [-0.15, -0.1) is 0 Å². The van der Waals surface area contributed by atoms with Gasteiger partial charge < -0.3 is 19.3 Å². The molecule has 0 fully saturated rings. The Balaban J connectivity index is 1.95. The monoisotopic (exact) mass is 363 g/mol. The lowest BCUT2D eigenvalue weighted by Gasteiger charge is -2.12. The van der Waals surface area contributed by atoms with Gasteiger partial charge in [0.25, 0.3) is 11.6 Å². The van der Waals surface area contributed by atoms with Crippen molar-refractivity contribution < 1.29 is 27.6 Å². The number of ether oxygens (including phenoxy) is 2. The highest BCUT2D eigenvalue weighted by Gasteiger charge is 2.19. The highest BCUT2D eigenvalue weighted by Crippen LogP contribution is 2.32. The van der Waals surface area contributed by atoms with Crippen molar-refractivity contribution in [3.8, 4) is 11.5 Å². The topological polar surface area (TPSA) is 86.5 Å². The van der Waals surface area contributed by atoms with Crippen LogP contribution in [0.1, 0.15) is 21.7 Å². The Morgan fingerprint density at radius 3 is 2.69 bits per heavy atom. The number of nitrogens with zero attached hydrogens (tertiary/aromatic N) is 2. The maximum Gasteiger partial charge on any atom is 0.387 e. The van der Waals surface area contributed by atoms with Crippen molar-refractivity contribution in [2.45, 2.75) is 20.5 Å². The molecule has 1 amide bonds. The van der Waals surface area contributed by atoms with Crippen molar-refractivity contribution in [2.75, 3.05) is 12.4 Å². The van der Waals surface area contributed by atoms with Gasteiger partial charge in [-0.25, -0.2) is 4.98 Å². The summed E-state index contributed by atoms with van der Waals surface area (Å²) in [5.41, 5.74) is 1.94. The molecule has 0 saturated carbocycles. The number of amides is 1. The second-order valence-electron chi connectivity index (χ2n) is 5.46. The fraction of sp³-hybridized carbons (Fsp3) is 0.235. The van der Waals surface area contributed by atoms with Crippen molar-refractivity contribution in [3.05, 3.63) is 41.2 Å². The van der Waals surface area contributed by atoms with E-state index < -0.39 is 12.5 Å². The summed E-state index contributed by atoms with van der Waals surface area (Å²) < 4.78 is 39.6. The predicted octanol–water partition coefficient (Wildman–Crippen LogP) is 3.70.